The highest BCUT2D eigenvalue weighted by Crippen LogP contribution is 2.17. The van der Waals surface area contributed by atoms with Gasteiger partial charge >= 0.3 is 0 Å². The molecule has 6 heteroatoms. The summed E-state index contributed by atoms with van der Waals surface area (Å²) in [5.41, 5.74) is 1.88. The number of anilines is 2. The fourth-order valence-corrected chi connectivity index (χ4v) is 1.61. The molecule has 0 amide bonds. The quantitative estimate of drug-likeness (QED) is 0.733. The van der Waals surface area contributed by atoms with E-state index in [1.165, 1.54) is 0 Å². The topological polar surface area (TPSA) is 78.9 Å². The number of para-hydroxylation sites is 1. The van der Waals surface area contributed by atoms with Crippen molar-refractivity contribution in [3.63, 3.8) is 0 Å². The van der Waals surface area contributed by atoms with Crippen molar-refractivity contribution in [1.29, 1.82) is 5.26 Å². The minimum absolute atomic E-state index is 0.436. The van der Waals surface area contributed by atoms with E-state index < -0.39 is 0 Å². The molecule has 0 aliphatic rings. The second kappa shape index (κ2) is 4.14. The van der Waals surface area contributed by atoms with E-state index >= 15 is 0 Å². The lowest BCUT2D eigenvalue weighted by molar-refractivity contribution is 0.949. The van der Waals surface area contributed by atoms with Crippen LogP contribution < -0.4 is 5.32 Å². The molecular formula is C12H8N6. The van der Waals surface area contributed by atoms with Gasteiger partial charge in [0.05, 0.1) is 17.4 Å². The second-order valence-corrected chi connectivity index (χ2v) is 3.60. The van der Waals surface area contributed by atoms with Crippen LogP contribution in [-0.2, 0) is 0 Å². The van der Waals surface area contributed by atoms with Gasteiger partial charge in [0.2, 0.25) is 5.95 Å². The number of fused-ring (bicyclic) bond motifs is 1. The molecule has 0 aliphatic carbocycles. The fraction of sp³-hybridized carbons (Fsp3) is 0. The van der Waals surface area contributed by atoms with E-state index in [0.717, 1.165) is 0 Å². The average Bonchev–Trinajstić information content (AvgIpc) is 2.81. The van der Waals surface area contributed by atoms with Gasteiger partial charge < -0.3 is 5.32 Å². The van der Waals surface area contributed by atoms with Crippen LogP contribution in [0.25, 0.3) is 5.65 Å². The second-order valence-electron chi connectivity index (χ2n) is 3.60. The van der Waals surface area contributed by atoms with Crippen molar-refractivity contribution in [2.75, 3.05) is 5.32 Å². The Hall–Kier alpha value is -2.94. The summed E-state index contributed by atoms with van der Waals surface area (Å²) in [7, 11) is 0. The molecule has 0 aliphatic heterocycles. The van der Waals surface area contributed by atoms with Crippen molar-refractivity contribution in [1.82, 2.24) is 19.6 Å². The van der Waals surface area contributed by atoms with Gasteiger partial charge in [0, 0.05) is 12.4 Å². The number of nitriles is 1. The van der Waals surface area contributed by atoms with Gasteiger partial charge in [-0.3, -0.25) is 4.98 Å². The van der Waals surface area contributed by atoms with E-state index in [2.05, 4.69) is 26.5 Å². The van der Waals surface area contributed by atoms with Crippen LogP contribution in [-0.4, -0.2) is 19.6 Å². The maximum absolute atomic E-state index is 8.99. The number of nitrogens with zero attached hydrogens (tertiary/aromatic N) is 5. The zero-order valence-electron chi connectivity index (χ0n) is 9.28. The molecule has 2 aromatic heterocycles. The molecule has 0 atom stereocenters. The minimum atomic E-state index is 0.436. The van der Waals surface area contributed by atoms with Crippen molar-refractivity contribution in [3.8, 4) is 6.07 Å². The van der Waals surface area contributed by atoms with Crippen molar-refractivity contribution >= 4 is 17.3 Å². The molecule has 1 N–H and O–H groups in total. The first kappa shape index (κ1) is 10.2. The Bertz CT molecular complexity index is 706. The number of nitrogens with one attached hydrogen (secondary N) is 1. The van der Waals surface area contributed by atoms with Crippen LogP contribution in [0.15, 0.2) is 42.9 Å². The summed E-state index contributed by atoms with van der Waals surface area (Å²) in [6.45, 7) is 0. The van der Waals surface area contributed by atoms with Gasteiger partial charge in [-0.1, -0.05) is 12.1 Å². The Morgan fingerprint density at radius 1 is 1.28 bits per heavy atom. The van der Waals surface area contributed by atoms with Crippen LogP contribution in [0.5, 0.6) is 0 Å². The van der Waals surface area contributed by atoms with Gasteiger partial charge in [-0.15, -0.1) is 5.10 Å². The Balaban J connectivity index is 1.99. The van der Waals surface area contributed by atoms with Crippen LogP contribution in [0, 0.1) is 11.3 Å². The van der Waals surface area contributed by atoms with Crippen molar-refractivity contribution in [3.05, 3.63) is 48.4 Å². The standard InChI is InChI=1S/C12H8N6/c13-7-9-3-1-2-4-10(9)15-12-16-11-8-14-5-6-18(11)17-12/h1-6,8H,(H,15,17). The Kier molecular flexibility index (Phi) is 2.35. The van der Waals surface area contributed by atoms with Crippen LogP contribution in [0.4, 0.5) is 11.6 Å². The minimum Gasteiger partial charge on any atom is -0.322 e. The molecule has 0 unspecified atom stereocenters. The molecule has 3 rings (SSSR count). The lowest BCUT2D eigenvalue weighted by Crippen LogP contribution is -1.95. The molecule has 0 saturated carbocycles. The predicted molar refractivity (Wildman–Crippen MR) is 65.2 cm³/mol. The van der Waals surface area contributed by atoms with E-state index in [-0.39, 0.29) is 0 Å². The van der Waals surface area contributed by atoms with Crippen molar-refractivity contribution in [2.24, 2.45) is 0 Å². The molecule has 3 aromatic rings. The van der Waals surface area contributed by atoms with E-state index in [9.17, 15) is 0 Å². The summed E-state index contributed by atoms with van der Waals surface area (Å²) in [6, 6.07) is 9.31. The third-order valence-corrected chi connectivity index (χ3v) is 2.44. The van der Waals surface area contributed by atoms with Gasteiger partial charge in [-0.2, -0.15) is 10.2 Å². The highest BCUT2D eigenvalue weighted by molar-refractivity contribution is 5.63. The molecule has 0 saturated heterocycles. The lowest BCUT2D eigenvalue weighted by atomic mass is 10.2. The van der Waals surface area contributed by atoms with Crippen LogP contribution in [0.1, 0.15) is 5.56 Å². The fourth-order valence-electron chi connectivity index (χ4n) is 1.61. The van der Waals surface area contributed by atoms with Gasteiger partial charge in [0.1, 0.15) is 6.07 Å². The summed E-state index contributed by atoms with van der Waals surface area (Å²) in [6.07, 6.45) is 4.97. The lowest BCUT2D eigenvalue weighted by Gasteiger charge is -2.02. The third kappa shape index (κ3) is 1.74. The first-order valence-electron chi connectivity index (χ1n) is 5.29. The number of aromatic nitrogens is 4. The van der Waals surface area contributed by atoms with E-state index in [1.807, 2.05) is 18.2 Å². The smallest absolute Gasteiger partial charge is 0.247 e. The Morgan fingerprint density at radius 2 is 2.17 bits per heavy atom. The van der Waals surface area contributed by atoms with E-state index in [1.54, 1.807) is 29.2 Å². The van der Waals surface area contributed by atoms with Gasteiger partial charge in [-0.25, -0.2) is 4.52 Å². The maximum atomic E-state index is 8.99. The highest BCUT2D eigenvalue weighted by atomic mass is 15.3. The largest absolute Gasteiger partial charge is 0.322 e. The monoisotopic (exact) mass is 236 g/mol. The van der Waals surface area contributed by atoms with Crippen molar-refractivity contribution in [2.45, 2.75) is 0 Å². The van der Waals surface area contributed by atoms with Gasteiger partial charge in [-0.05, 0) is 12.1 Å². The molecule has 0 fully saturated rings. The molecule has 0 bridgehead atoms. The summed E-state index contributed by atoms with van der Waals surface area (Å²) >= 11 is 0. The number of benzene rings is 1. The summed E-state index contributed by atoms with van der Waals surface area (Å²) in [5, 5.41) is 16.2. The van der Waals surface area contributed by atoms with E-state index in [0.29, 0.717) is 22.8 Å². The number of hydrogen-bond donors (Lipinski definition) is 1. The van der Waals surface area contributed by atoms with Gasteiger partial charge in [0.25, 0.3) is 0 Å². The summed E-state index contributed by atoms with van der Waals surface area (Å²) < 4.78 is 1.62. The molecule has 0 radical (unpaired) electrons. The van der Waals surface area contributed by atoms with E-state index in [4.69, 9.17) is 5.26 Å². The zero-order chi connectivity index (χ0) is 12.4. The van der Waals surface area contributed by atoms with Crippen molar-refractivity contribution < 1.29 is 0 Å². The van der Waals surface area contributed by atoms with Crippen LogP contribution in [0.3, 0.4) is 0 Å². The van der Waals surface area contributed by atoms with Crippen LogP contribution >= 0.6 is 0 Å². The van der Waals surface area contributed by atoms with Crippen LogP contribution in [0.2, 0.25) is 0 Å². The first-order chi connectivity index (χ1) is 8.86. The van der Waals surface area contributed by atoms with Gasteiger partial charge in [0.15, 0.2) is 5.65 Å². The molecule has 18 heavy (non-hydrogen) atoms. The summed E-state index contributed by atoms with van der Waals surface area (Å²) in [5.74, 6) is 0.436. The molecule has 0 spiro atoms. The maximum Gasteiger partial charge on any atom is 0.247 e. The Morgan fingerprint density at radius 3 is 3.00 bits per heavy atom. The molecule has 1 aromatic carbocycles. The third-order valence-electron chi connectivity index (χ3n) is 2.44. The first-order valence-corrected chi connectivity index (χ1v) is 5.29. The zero-order valence-corrected chi connectivity index (χ0v) is 9.28. The number of hydrogen-bond acceptors (Lipinski definition) is 5. The highest BCUT2D eigenvalue weighted by Gasteiger charge is 2.06. The molecule has 86 valence electrons. The molecule has 6 nitrogen and oxygen atoms in total. The normalized spacial score (nSPS) is 10.2. The SMILES string of the molecule is N#Cc1ccccc1Nc1nc2cnccn2n1. The summed E-state index contributed by atoms with van der Waals surface area (Å²) in [4.78, 5) is 8.22. The molecule has 2 heterocycles. The number of rotatable bonds is 2. The molecular weight excluding hydrogens is 228 g/mol. The predicted octanol–water partition coefficient (Wildman–Crippen LogP) is 1.74. The Labute approximate surface area is 103 Å². The average molecular weight is 236 g/mol.